The molecule has 0 saturated heterocycles. The Labute approximate surface area is 211 Å². The van der Waals surface area contributed by atoms with Gasteiger partial charge >= 0.3 is 5.97 Å². The quantitative estimate of drug-likeness (QED) is 0.381. The van der Waals surface area contributed by atoms with Gasteiger partial charge in [-0.25, -0.2) is 4.79 Å². The summed E-state index contributed by atoms with van der Waals surface area (Å²) in [6, 6.07) is 7.07. The van der Waals surface area contributed by atoms with Crippen molar-refractivity contribution in [2.24, 2.45) is 17.3 Å². The van der Waals surface area contributed by atoms with Crippen molar-refractivity contribution in [2.75, 3.05) is 19.0 Å². The Hall–Kier alpha value is -2.45. The average Bonchev–Trinajstić information content (AvgIpc) is 3.13. The number of carbonyl (C=O) groups is 2. The number of rotatable bonds is 6. The van der Waals surface area contributed by atoms with Crippen LogP contribution in [0.2, 0.25) is 0 Å². The van der Waals surface area contributed by atoms with Crippen molar-refractivity contribution in [3.63, 3.8) is 0 Å². The summed E-state index contributed by atoms with van der Waals surface area (Å²) >= 11 is 6.95. The van der Waals surface area contributed by atoms with Crippen LogP contribution in [0.4, 0.5) is 5.00 Å². The summed E-state index contributed by atoms with van der Waals surface area (Å²) in [6.45, 7) is 11.4. The van der Waals surface area contributed by atoms with Crippen molar-refractivity contribution in [2.45, 2.75) is 53.9 Å². The van der Waals surface area contributed by atoms with E-state index in [1.54, 1.807) is 18.2 Å². The molecule has 1 aliphatic carbocycles. The maximum absolute atomic E-state index is 12.9. The third-order valence-electron chi connectivity index (χ3n) is 6.04. The zero-order valence-electron chi connectivity index (χ0n) is 20.7. The van der Waals surface area contributed by atoms with Gasteiger partial charge in [0.25, 0.3) is 5.91 Å². The average molecular weight is 503 g/mol. The lowest BCUT2D eigenvalue weighted by molar-refractivity contribution is 0.0600. The van der Waals surface area contributed by atoms with Crippen LogP contribution >= 0.6 is 23.6 Å². The molecule has 1 unspecified atom stereocenters. The number of para-hydroxylation sites is 1. The molecule has 34 heavy (non-hydrogen) atoms. The highest BCUT2D eigenvalue weighted by Gasteiger charge is 2.34. The number of thiophene rings is 1. The SMILES string of the molecule is COC(=O)c1c(NC(=S)NC(=O)c2ccccc2OCC(C)C)sc2c1CCC(C(C)(C)C)C2. The maximum atomic E-state index is 12.9. The number of carbonyl (C=O) groups excluding carboxylic acids is 2. The van der Waals surface area contributed by atoms with Crippen LogP contribution in [0.3, 0.4) is 0 Å². The van der Waals surface area contributed by atoms with Crippen LogP contribution in [-0.4, -0.2) is 30.7 Å². The molecule has 0 bridgehead atoms. The Morgan fingerprint density at radius 3 is 2.59 bits per heavy atom. The summed E-state index contributed by atoms with van der Waals surface area (Å²) in [4.78, 5) is 26.7. The summed E-state index contributed by atoms with van der Waals surface area (Å²) in [5.41, 5.74) is 2.14. The van der Waals surface area contributed by atoms with E-state index in [1.165, 1.54) is 23.3 Å². The highest BCUT2D eigenvalue weighted by molar-refractivity contribution is 7.80. The van der Waals surface area contributed by atoms with Gasteiger partial charge in [-0.3, -0.25) is 10.1 Å². The second-order valence-electron chi connectivity index (χ2n) is 10.1. The molecular weight excluding hydrogens is 468 g/mol. The predicted octanol–water partition coefficient (Wildman–Crippen LogP) is 5.85. The zero-order valence-corrected chi connectivity index (χ0v) is 22.4. The molecule has 0 fully saturated rings. The molecule has 8 heteroatoms. The molecule has 3 rings (SSSR count). The molecule has 184 valence electrons. The van der Waals surface area contributed by atoms with Crippen molar-refractivity contribution < 1.29 is 19.1 Å². The Morgan fingerprint density at radius 1 is 1.24 bits per heavy atom. The van der Waals surface area contributed by atoms with Crippen LogP contribution in [0.15, 0.2) is 24.3 Å². The van der Waals surface area contributed by atoms with E-state index in [1.807, 2.05) is 19.9 Å². The van der Waals surface area contributed by atoms with Gasteiger partial charge in [-0.1, -0.05) is 46.8 Å². The molecule has 1 aromatic carbocycles. The number of nitrogens with one attached hydrogen (secondary N) is 2. The lowest BCUT2D eigenvalue weighted by Gasteiger charge is -2.33. The van der Waals surface area contributed by atoms with Crippen molar-refractivity contribution in [3.8, 4) is 5.75 Å². The molecular formula is C26H34N2O4S2. The minimum absolute atomic E-state index is 0.125. The summed E-state index contributed by atoms with van der Waals surface area (Å²) < 4.78 is 10.9. The zero-order chi connectivity index (χ0) is 25.0. The van der Waals surface area contributed by atoms with E-state index in [4.69, 9.17) is 21.7 Å². The molecule has 1 amide bonds. The number of hydrogen-bond acceptors (Lipinski definition) is 6. The molecule has 1 aliphatic rings. The molecule has 0 spiro atoms. The van der Waals surface area contributed by atoms with Crippen LogP contribution in [0.1, 0.15) is 72.2 Å². The van der Waals surface area contributed by atoms with Gasteiger partial charge in [0.05, 0.1) is 24.8 Å². The molecule has 1 aromatic heterocycles. The number of anilines is 1. The van der Waals surface area contributed by atoms with Crippen molar-refractivity contribution in [1.29, 1.82) is 0 Å². The third kappa shape index (κ3) is 6.16. The normalized spacial score (nSPS) is 15.4. The molecule has 0 radical (unpaired) electrons. The number of hydrogen-bond donors (Lipinski definition) is 2. The smallest absolute Gasteiger partial charge is 0.341 e. The van der Waals surface area contributed by atoms with Crippen LogP contribution in [0, 0.1) is 17.3 Å². The van der Waals surface area contributed by atoms with Gasteiger partial charge in [0.1, 0.15) is 10.8 Å². The lowest BCUT2D eigenvalue weighted by atomic mass is 9.72. The monoisotopic (exact) mass is 502 g/mol. The van der Waals surface area contributed by atoms with E-state index in [0.29, 0.717) is 40.3 Å². The summed E-state index contributed by atoms with van der Waals surface area (Å²) in [5, 5.41) is 6.55. The first-order valence-corrected chi connectivity index (χ1v) is 12.8. The van der Waals surface area contributed by atoms with Crippen molar-refractivity contribution in [3.05, 3.63) is 45.8 Å². The first-order chi connectivity index (χ1) is 16.0. The summed E-state index contributed by atoms with van der Waals surface area (Å²) in [6.07, 6.45) is 2.75. The molecule has 0 aliphatic heterocycles. The second kappa shape index (κ2) is 10.9. The first kappa shape index (κ1) is 26.2. The highest BCUT2D eigenvalue weighted by atomic mass is 32.1. The van der Waals surface area contributed by atoms with Crippen molar-refractivity contribution in [1.82, 2.24) is 5.32 Å². The van der Waals surface area contributed by atoms with E-state index in [9.17, 15) is 9.59 Å². The molecule has 6 nitrogen and oxygen atoms in total. The van der Waals surface area contributed by atoms with E-state index in [0.717, 1.165) is 24.8 Å². The van der Waals surface area contributed by atoms with Gasteiger partial charge in [0.2, 0.25) is 0 Å². The second-order valence-corrected chi connectivity index (χ2v) is 11.6. The number of thiocarbonyl (C=S) groups is 1. The predicted molar refractivity (Wildman–Crippen MR) is 141 cm³/mol. The Bertz CT molecular complexity index is 1070. The van der Waals surface area contributed by atoms with Gasteiger partial charge in [-0.2, -0.15) is 0 Å². The first-order valence-electron chi connectivity index (χ1n) is 11.6. The minimum Gasteiger partial charge on any atom is -0.492 e. The fourth-order valence-corrected chi connectivity index (χ4v) is 5.65. The number of methoxy groups -OCH3 is 1. The number of esters is 1. The Balaban J connectivity index is 1.78. The van der Waals surface area contributed by atoms with E-state index < -0.39 is 5.97 Å². The van der Waals surface area contributed by atoms with Gasteiger partial charge in [-0.15, -0.1) is 11.3 Å². The third-order valence-corrected chi connectivity index (χ3v) is 7.41. The fraction of sp³-hybridized carbons (Fsp3) is 0.500. The molecule has 0 saturated carbocycles. The molecule has 1 atom stereocenters. The number of amides is 1. The van der Waals surface area contributed by atoms with Gasteiger partial charge in [0.15, 0.2) is 5.11 Å². The minimum atomic E-state index is -0.393. The molecule has 1 heterocycles. The van der Waals surface area contributed by atoms with Crippen molar-refractivity contribution >= 4 is 45.5 Å². The topological polar surface area (TPSA) is 76.7 Å². The number of fused-ring (bicyclic) bond motifs is 1. The van der Waals surface area contributed by atoms with Crippen LogP contribution in [-0.2, 0) is 17.6 Å². The van der Waals surface area contributed by atoms with Gasteiger partial charge < -0.3 is 14.8 Å². The van der Waals surface area contributed by atoms with Crippen LogP contribution < -0.4 is 15.4 Å². The Morgan fingerprint density at radius 2 is 1.94 bits per heavy atom. The van der Waals surface area contributed by atoms with E-state index in [2.05, 4.69) is 31.4 Å². The van der Waals surface area contributed by atoms with Gasteiger partial charge in [-0.05, 0) is 66.4 Å². The van der Waals surface area contributed by atoms with Gasteiger partial charge in [0, 0.05) is 4.88 Å². The summed E-state index contributed by atoms with van der Waals surface area (Å²) in [5.74, 6) is 0.609. The molecule has 2 aromatic rings. The maximum Gasteiger partial charge on any atom is 0.341 e. The number of ether oxygens (including phenoxy) is 2. The molecule has 2 N–H and O–H groups in total. The highest BCUT2D eigenvalue weighted by Crippen LogP contribution is 2.44. The standard InChI is InChI=1S/C26H34N2O4S2/c1-15(2)14-32-19-10-8-7-9-17(19)22(29)27-25(33)28-23-21(24(30)31-6)18-12-11-16(26(3,4)5)13-20(18)34-23/h7-10,15-16H,11-14H2,1-6H3,(H2,27,28,29,33). The number of benzene rings is 1. The van der Waals surface area contributed by atoms with E-state index in [-0.39, 0.29) is 16.4 Å². The van der Waals surface area contributed by atoms with E-state index >= 15 is 0 Å². The Kier molecular flexibility index (Phi) is 8.36. The van der Waals surface area contributed by atoms with Crippen LogP contribution in [0.25, 0.3) is 0 Å². The summed E-state index contributed by atoms with van der Waals surface area (Å²) in [7, 11) is 1.38. The fourth-order valence-electron chi connectivity index (χ4n) is 4.07. The van der Waals surface area contributed by atoms with Crippen LogP contribution in [0.5, 0.6) is 5.75 Å². The largest absolute Gasteiger partial charge is 0.492 e. The lowest BCUT2D eigenvalue weighted by Crippen LogP contribution is -2.34.